The van der Waals surface area contributed by atoms with Gasteiger partial charge < -0.3 is 25.2 Å². The molecular formula is C36H37Cl2FN6O6. The van der Waals surface area contributed by atoms with Gasteiger partial charge in [-0.15, -0.1) is 0 Å². The van der Waals surface area contributed by atoms with E-state index in [0.29, 0.717) is 48.4 Å². The molecule has 3 aromatic carbocycles. The molecule has 4 N–H and O–H groups in total. The molecule has 0 bridgehead atoms. The predicted molar refractivity (Wildman–Crippen MR) is 191 cm³/mol. The zero-order valence-corrected chi connectivity index (χ0v) is 29.5. The number of hydrogen-bond acceptors (Lipinski definition) is 9. The number of fused-ring (bicyclic) bond motifs is 1. The van der Waals surface area contributed by atoms with E-state index in [-0.39, 0.29) is 57.8 Å². The number of ether oxygens (including phenoxy) is 2. The van der Waals surface area contributed by atoms with Crippen molar-refractivity contribution in [1.82, 2.24) is 20.0 Å². The van der Waals surface area contributed by atoms with Gasteiger partial charge in [0.05, 0.1) is 54.0 Å². The van der Waals surface area contributed by atoms with E-state index in [9.17, 15) is 19.5 Å². The number of likely N-dealkylation sites (tertiary alicyclic amines) is 1. The standard InChI is InChI=1S/C36H37Cl2FN6O6/c1-50-31-15-20(14-25(39)24(31)19-44-13-11-21(46)18-44)35(48)41-27-8-3-6-22(33(27)37)23-7-4-9-28(34(23)38)42-36(49)29-16-30-26(40-17-32(47)51-2)10-5-12-45(30)43-29/h3-4,6-9,14-16,21,26,40,46H,5,10-13,17-19H2,1-2H3,(H,41,48)(H,42,49)/t21-,26?/m1/s1. The maximum Gasteiger partial charge on any atom is 0.319 e. The molecule has 15 heteroatoms. The highest BCUT2D eigenvalue weighted by Gasteiger charge is 2.27. The van der Waals surface area contributed by atoms with Crippen LogP contribution < -0.4 is 20.7 Å². The molecule has 2 aliphatic rings. The largest absolute Gasteiger partial charge is 0.496 e. The molecule has 0 radical (unpaired) electrons. The fraction of sp³-hybridized carbons (Fsp3) is 0.333. The van der Waals surface area contributed by atoms with Crippen LogP contribution in [-0.4, -0.2) is 77.5 Å². The maximum atomic E-state index is 15.3. The third kappa shape index (κ3) is 8.03. The number of carbonyl (C=O) groups excluding carboxylic acids is 3. The normalized spacial score (nSPS) is 17.1. The number of methoxy groups -OCH3 is 2. The van der Waals surface area contributed by atoms with E-state index in [1.165, 1.54) is 20.3 Å². The topological polar surface area (TPSA) is 147 Å². The molecule has 1 saturated heterocycles. The number of nitrogens with zero attached hydrogens (tertiary/aromatic N) is 3. The zero-order valence-electron chi connectivity index (χ0n) is 28.0. The van der Waals surface area contributed by atoms with Crippen LogP contribution in [0.2, 0.25) is 10.0 Å². The minimum Gasteiger partial charge on any atom is -0.496 e. The van der Waals surface area contributed by atoms with Crippen molar-refractivity contribution >= 4 is 52.4 Å². The molecule has 0 aliphatic carbocycles. The van der Waals surface area contributed by atoms with Gasteiger partial charge in [-0.05, 0) is 49.6 Å². The lowest BCUT2D eigenvalue weighted by molar-refractivity contribution is -0.139. The van der Waals surface area contributed by atoms with Gasteiger partial charge in [0.25, 0.3) is 11.8 Å². The number of amides is 2. The molecule has 12 nitrogen and oxygen atoms in total. The number of aliphatic hydroxyl groups excluding tert-OH is 1. The lowest BCUT2D eigenvalue weighted by atomic mass is 10.0. The Hall–Kier alpha value is -4.53. The molecular weight excluding hydrogens is 702 g/mol. The number of aryl methyl sites for hydroxylation is 1. The number of β-amino-alcohol motifs (C(OH)–C–C–N with tert-alkyl or cyclic N) is 1. The van der Waals surface area contributed by atoms with Gasteiger partial charge in [-0.2, -0.15) is 5.10 Å². The average Bonchev–Trinajstić information content (AvgIpc) is 3.76. The Morgan fingerprint density at radius 1 is 0.961 bits per heavy atom. The van der Waals surface area contributed by atoms with Crippen molar-refractivity contribution in [3.05, 3.63) is 93.0 Å². The summed E-state index contributed by atoms with van der Waals surface area (Å²) in [5.74, 6) is -1.84. The number of hydrogen-bond donors (Lipinski definition) is 4. The second-order valence-electron chi connectivity index (χ2n) is 12.4. The Morgan fingerprint density at radius 3 is 2.27 bits per heavy atom. The smallest absolute Gasteiger partial charge is 0.319 e. The van der Waals surface area contributed by atoms with E-state index < -0.39 is 23.7 Å². The van der Waals surface area contributed by atoms with Crippen molar-refractivity contribution < 1.29 is 33.4 Å². The number of aromatic nitrogens is 2. The van der Waals surface area contributed by atoms with Crippen LogP contribution in [0.25, 0.3) is 11.1 Å². The number of benzene rings is 3. The summed E-state index contributed by atoms with van der Waals surface area (Å²) in [7, 11) is 2.73. The quantitative estimate of drug-likeness (QED) is 0.143. The van der Waals surface area contributed by atoms with Gasteiger partial charge in [-0.1, -0.05) is 47.5 Å². The van der Waals surface area contributed by atoms with Crippen LogP contribution in [-0.2, 0) is 22.6 Å². The van der Waals surface area contributed by atoms with Gasteiger partial charge in [0, 0.05) is 54.5 Å². The molecule has 0 saturated carbocycles. The van der Waals surface area contributed by atoms with E-state index in [1.807, 2.05) is 4.90 Å². The number of aliphatic hydroxyl groups is 1. The fourth-order valence-corrected chi connectivity index (χ4v) is 6.94. The Labute approximate surface area is 303 Å². The highest BCUT2D eigenvalue weighted by Crippen LogP contribution is 2.40. The number of nitrogens with one attached hydrogen (secondary N) is 3. The maximum absolute atomic E-state index is 15.3. The highest BCUT2D eigenvalue weighted by molar-refractivity contribution is 6.40. The fourth-order valence-electron chi connectivity index (χ4n) is 6.39. The van der Waals surface area contributed by atoms with Crippen LogP contribution >= 0.6 is 23.2 Å². The van der Waals surface area contributed by atoms with Crippen LogP contribution in [0.15, 0.2) is 54.6 Å². The van der Waals surface area contributed by atoms with Crippen LogP contribution in [0.3, 0.4) is 0 Å². The second-order valence-corrected chi connectivity index (χ2v) is 13.1. The monoisotopic (exact) mass is 738 g/mol. The van der Waals surface area contributed by atoms with Gasteiger partial charge in [-0.3, -0.25) is 29.3 Å². The summed E-state index contributed by atoms with van der Waals surface area (Å²) in [6.45, 7) is 1.98. The number of carbonyl (C=O) groups is 3. The zero-order chi connectivity index (χ0) is 36.2. The molecule has 0 spiro atoms. The van der Waals surface area contributed by atoms with Crippen LogP contribution in [0.5, 0.6) is 5.75 Å². The van der Waals surface area contributed by atoms with E-state index >= 15 is 4.39 Å². The summed E-state index contributed by atoms with van der Waals surface area (Å²) in [5.41, 5.74) is 2.88. The van der Waals surface area contributed by atoms with Gasteiger partial charge in [0.1, 0.15) is 11.6 Å². The van der Waals surface area contributed by atoms with Crippen molar-refractivity contribution in [2.45, 2.75) is 44.5 Å². The van der Waals surface area contributed by atoms with Gasteiger partial charge >= 0.3 is 5.97 Å². The van der Waals surface area contributed by atoms with Gasteiger partial charge in [-0.25, -0.2) is 4.39 Å². The average molecular weight is 740 g/mol. The molecule has 2 aliphatic heterocycles. The van der Waals surface area contributed by atoms with E-state index in [1.54, 1.807) is 47.1 Å². The molecule has 1 aromatic heterocycles. The highest BCUT2D eigenvalue weighted by atomic mass is 35.5. The molecule has 4 aromatic rings. The summed E-state index contributed by atoms with van der Waals surface area (Å²) in [6.07, 6.45) is 1.76. The first-order chi connectivity index (χ1) is 24.6. The van der Waals surface area contributed by atoms with Gasteiger partial charge in [0.15, 0.2) is 5.69 Å². The molecule has 51 heavy (non-hydrogen) atoms. The lowest BCUT2D eigenvalue weighted by Crippen LogP contribution is -2.32. The summed E-state index contributed by atoms with van der Waals surface area (Å²) in [5, 5.41) is 23.5. The summed E-state index contributed by atoms with van der Waals surface area (Å²) in [4.78, 5) is 40.3. The Bertz CT molecular complexity index is 1970. The molecule has 1 fully saturated rings. The van der Waals surface area contributed by atoms with Crippen molar-refractivity contribution in [2.24, 2.45) is 0 Å². The number of anilines is 2. The molecule has 6 rings (SSSR count). The molecule has 1 unspecified atom stereocenters. The minimum absolute atomic E-state index is 0.0327. The van der Waals surface area contributed by atoms with Gasteiger partial charge in [0.2, 0.25) is 0 Å². The number of halogens is 3. The summed E-state index contributed by atoms with van der Waals surface area (Å²) in [6, 6.07) is 14.3. The van der Waals surface area contributed by atoms with Crippen molar-refractivity contribution in [1.29, 1.82) is 0 Å². The van der Waals surface area contributed by atoms with Crippen molar-refractivity contribution in [2.75, 3.05) is 44.5 Å². The third-order valence-corrected chi connectivity index (χ3v) is 9.85. The Morgan fingerprint density at radius 2 is 1.65 bits per heavy atom. The molecule has 3 heterocycles. The van der Waals surface area contributed by atoms with Crippen LogP contribution in [0, 0.1) is 5.82 Å². The lowest BCUT2D eigenvalue weighted by Gasteiger charge is -2.24. The number of esters is 1. The second kappa shape index (κ2) is 15.8. The Kier molecular flexibility index (Phi) is 11.2. The molecule has 2 atom stereocenters. The predicted octanol–water partition coefficient (Wildman–Crippen LogP) is 5.67. The first-order valence-electron chi connectivity index (χ1n) is 16.4. The summed E-state index contributed by atoms with van der Waals surface area (Å²) >= 11 is 13.6. The molecule has 268 valence electrons. The first-order valence-corrected chi connectivity index (χ1v) is 17.2. The summed E-state index contributed by atoms with van der Waals surface area (Å²) < 4.78 is 27.2. The Balaban J connectivity index is 1.18. The first kappa shape index (κ1) is 36.3. The van der Waals surface area contributed by atoms with Crippen molar-refractivity contribution in [3.8, 4) is 16.9 Å². The molecule has 2 amide bonds. The van der Waals surface area contributed by atoms with E-state index in [4.69, 9.17) is 32.7 Å². The van der Waals surface area contributed by atoms with E-state index in [2.05, 4.69) is 21.0 Å². The minimum atomic E-state index is -0.605. The van der Waals surface area contributed by atoms with Crippen LogP contribution in [0.1, 0.15) is 57.4 Å². The van der Waals surface area contributed by atoms with E-state index in [0.717, 1.165) is 24.6 Å². The third-order valence-electron chi connectivity index (χ3n) is 9.03. The van der Waals surface area contributed by atoms with Crippen LogP contribution in [0.4, 0.5) is 15.8 Å². The number of rotatable bonds is 11. The SMILES string of the molecule is COC(=O)CNC1CCCn2nc(C(=O)Nc3cccc(-c4cccc(NC(=O)c5cc(F)c(CN6CC[C@@H](O)C6)c(OC)c5)c4Cl)c3Cl)cc21. The van der Waals surface area contributed by atoms with Crippen molar-refractivity contribution in [3.63, 3.8) is 0 Å².